The van der Waals surface area contributed by atoms with Gasteiger partial charge in [-0.2, -0.15) is 0 Å². The number of carbonyl (C=O) groups excluding carboxylic acids is 1. The number of aromatic nitrogens is 1. The van der Waals surface area contributed by atoms with Gasteiger partial charge in [0.2, 0.25) is 5.91 Å². The van der Waals surface area contributed by atoms with Gasteiger partial charge in [0, 0.05) is 44.1 Å². The molecule has 2 saturated heterocycles. The van der Waals surface area contributed by atoms with Crippen molar-refractivity contribution in [2.75, 3.05) is 26.3 Å². The summed E-state index contributed by atoms with van der Waals surface area (Å²) in [6, 6.07) is 17.4. The first-order chi connectivity index (χ1) is 16.1. The topological polar surface area (TPSA) is 42.4 Å². The summed E-state index contributed by atoms with van der Waals surface area (Å²) in [6.45, 7) is 5.15. The number of aryl methyl sites for hydroxylation is 1. The lowest BCUT2D eigenvalue weighted by molar-refractivity contribution is -0.141. The van der Waals surface area contributed by atoms with E-state index in [-0.39, 0.29) is 0 Å². The lowest BCUT2D eigenvalue weighted by atomic mass is 9.72. The van der Waals surface area contributed by atoms with Crippen LogP contribution in [0.25, 0.3) is 10.8 Å². The first-order valence-corrected chi connectivity index (χ1v) is 12.4. The van der Waals surface area contributed by atoms with Crippen molar-refractivity contribution in [1.29, 1.82) is 0 Å². The molecule has 4 nitrogen and oxygen atoms in total. The van der Waals surface area contributed by atoms with Crippen LogP contribution in [0.3, 0.4) is 0 Å². The van der Waals surface area contributed by atoms with Crippen LogP contribution in [-0.4, -0.2) is 42.1 Å². The van der Waals surface area contributed by atoms with Gasteiger partial charge in [-0.1, -0.05) is 48.0 Å². The summed E-state index contributed by atoms with van der Waals surface area (Å²) in [6.07, 6.45) is 9.75. The van der Waals surface area contributed by atoms with E-state index in [1.165, 1.54) is 28.3 Å². The zero-order chi connectivity index (χ0) is 22.7. The molecule has 0 aliphatic carbocycles. The first-order valence-electron chi connectivity index (χ1n) is 12.4. The van der Waals surface area contributed by atoms with Crippen molar-refractivity contribution in [2.24, 2.45) is 5.92 Å². The van der Waals surface area contributed by atoms with Gasteiger partial charge in [0.25, 0.3) is 0 Å². The Morgan fingerprint density at radius 2 is 1.85 bits per heavy atom. The third kappa shape index (κ3) is 4.67. The van der Waals surface area contributed by atoms with Crippen LogP contribution in [-0.2, 0) is 21.4 Å². The Labute approximate surface area is 197 Å². The molecule has 3 heterocycles. The maximum atomic E-state index is 14.0. The Bertz CT molecular complexity index is 1100. The molecule has 5 rings (SSSR count). The molecular weight excluding hydrogens is 408 g/mol. The summed E-state index contributed by atoms with van der Waals surface area (Å²) < 4.78 is 5.67. The van der Waals surface area contributed by atoms with Gasteiger partial charge in [-0.3, -0.25) is 9.78 Å². The second kappa shape index (κ2) is 9.64. The molecule has 0 spiro atoms. The molecule has 0 N–H and O–H groups in total. The average Bonchev–Trinajstić information content (AvgIpc) is 3.10. The van der Waals surface area contributed by atoms with E-state index in [2.05, 4.69) is 65.3 Å². The van der Waals surface area contributed by atoms with E-state index in [1.54, 1.807) is 0 Å². The summed E-state index contributed by atoms with van der Waals surface area (Å²) in [5.41, 5.74) is 3.35. The van der Waals surface area contributed by atoms with Crippen molar-refractivity contribution in [3.8, 4) is 0 Å². The van der Waals surface area contributed by atoms with Crippen LogP contribution in [0.15, 0.2) is 60.9 Å². The van der Waals surface area contributed by atoms with Gasteiger partial charge < -0.3 is 9.64 Å². The van der Waals surface area contributed by atoms with E-state index in [0.717, 1.165) is 50.8 Å². The number of nitrogens with zero attached hydrogens (tertiary/aromatic N) is 2. The van der Waals surface area contributed by atoms with Crippen LogP contribution in [0.2, 0.25) is 0 Å². The normalized spacial score (nSPS) is 21.0. The van der Waals surface area contributed by atoms with E-state index in [1.807, 2.05) is 12.4 Å². The largest absolute Gasteiger partial charge is 0.381 e. The monoisotopic (exact) mass is 442 g/mol. The Kier molecular flexibility index (Phi) is 6.45. The highest BCUT2D eigenvalue weighted by Gasteiger charge is 2.44. The van der Waals surface area contributed by atoms with Gasteiger partial charge in [-0.05, 0) is 73.9 Å². The fraction of sp³-hybridized carbons (Fsp3) is 0.448. The number of hydrogen-bond donors (Lipinski definition) is 0. The molecule has 0 saturated carbocycles. The number of likely N-dealkylation sites (tertiary alicyclic amines) is 1. The molecule has 0 radical (unpaired) electrons. The predicted octanol–water partition coefficient (Wildman–Crippen LogP) is 5.46. The Morgan fingerprint density at radius 1 is 1.03 bits per heavy atom. The smallest absolute Gasteiger partial charge is 0.233 e. The Hall–Kier alpha value is -2.72. The van der Waals surface area contributed by atoms with Crippen molar-refractivity contribution in [3.63, 3.8) is 0 Å². The highest BCUT2D eigenvalue weighted by atomic mass is 16.5. The van der Waals surface area contributed by atoms with Crippen molar-refractivity contribution in [3.05, 3.63) is 77.6 Å². The van der Waals surface area contributed by atoms with E-state index in [0.29, 0.717) is 25.0 Å². The molecule has 4 heteroatoms. The van der Waals surface area contributed by atoms with Crippen molar-refractivity contribution < 1.29 is 9.53 Å². The second-order valence-corrected chi connectivity index (χ2v) is 9.91. The summed E-state index contributed by atoms with van der Waals surface area (Å²) in [4.78, 5) is 20.4. The zero-order valence-corrected chi connectivity index (χ0v) is 19.6. The van der Waals surface area contributed by atoms with Crippen LogP contribution in [0.1, 0.15) is 48.8 Å². The first kappa shape index (κ1) is 22.1. The van der Waals surface area contributed by atoms with E-state index >= 15 is 0 Å². The number of ether oxygens (including phenoxy) is 1. The summed E-state index contributed by atoms with van der Waals surface area (Å²) in [5, 5.41) is 2.45. The van der Waals surface area contributed by atoms with Crippen molar-refractivity contribution in [2.45, 2.75) is 50.9 Å². The number of pyridine rings is 1. The van der Waals surface area contributed by atoms with E-state index in [9.17, 15) is 4.79 Å². The van der Waals surface area contributed by atoms with Crippen LogP contribution < -0.4 is 0 Å². The molecule has 0 bridgehead atoms. The standard InChI is InChI=1S/C29H34N2O2/c1-22-4-8-27(9-5-22)29(12-17-33-18-13-29)28(32)31-15-2-3-23(11-16-31)19-24-6-7-26-21-30-14-10-25(26)20-24/h4-10,14,20-21,23H,2-3,11-13,15-19H2,1H3/t23-/m0/s1. The Balaban J connectivity index is 1.29. The average molecular weight is 443 g/mol. The lowest BCUT2D eigenvalue weighted by Crippen LogP contribution is -2.50. The number of rotatable bonds is 4. The molecule has 1 amide bonds. The van der Waals surface area contributed by atoms with Gasteiger partial charge in [0.05, 0.1) is 5.41 Å². The maximum absolute atomic E-state index is 14.0. The second-order valence-electron chi connectivity index (χ2n) is 9.91. The summed E-state index contributed by atoms with van der Waals surface area (Å²) >= 11 is 0. The van der Waals surface area contributed by atoms with Gasteiger partial charge in [-0.25, -0.2) is 0 Å². The summed E-state index contributed by atoms with van der Waals surface area (Å²) in [5.74, 6) is 0.931. The molecule has 2 fully saturated rings. The SMILES string of the molecule is Cc1ccc(C2(C(=O)N3CCC[C@H](Cc4ccc5cnccc5c4)CC3)CCOCC2)cc1. The molecule has 2 aliphatic heterocycles. The van der Waals surface area contributed by atoms with Gasteiger partial charge in [0.15, 0.2) is 0 Å². The molecule has 0 unspecified atom stereocenters. The van der Waals surface area contributed by atoms with Crippen LogP contribution in [0.5, 0.6) is 0 Å². The summed E-state index contributed by atoms with van der Waals surface area (Å²) in [7, 11) is 0. The minimum absolute atomic E-state index is 0.313. The quantitative estimate of drug-likeness (QED) is 0.539. The third-order valence-electron chi connectivity index (χ3n) is 7.72. The molecular formula is C29H34N2O2. The number of hydrogen-bond acceptors (Lipinski definition) is 3. The molecule has 1 aromatic heterocycles. The third-order valence-corrected chi connectivity index (χ3v) is 7.72. The highest BCUT2D eigenvalue weighted by molar-refractivity contribution is 5.88. The molecule has 1 atom stereocenters. The van der Waals surface area contributed by atoms with Crippen LogP contribution in [0, 0.1) is 12.8 Å². The number of carbonyl (C=O) groups is 1. The molecule has 3 aromatic rings. The zero-order valence-electron chi connectivity index (χ0n) is 19.6. The fourth-order valence-electron chi connectivity index (χ4n) is 5.69. The molecule has 2 aliphatic rings. The van der Waals surface area contributed by atoms with Gasteiger partial charge >= 0.3 is 0 Å². The highest BCUT2D eigenvalue weighted by Crippen LogP contribution is 2.38. The van der Waals surface area contributed by atoms with Crippen LogP contribution >= 0.6 is 0 Å². The molecule has 2 aromatic carbocycles. The minimum Gasteiger partial charge on any atom is -0.381 e. The number of benzene rings is 2. The van der Waals surface area contributed by atoms with Gasteiger partial charge in [0.1, 0.15) is 0 Å². The number of amides is 1. The minimum atomic E-state index is -0.432. The van der Waals surface area contributed by atoms with Gasteiger partial charge in [-0.15, -0.1) is 0 Å². The van der Waals surface area contributed by atoms with Crippen LogP contribution in [0.4, 0.5) is 0 Å². The number of fused-ring (bicyclic) bond motifs is 1. The van der Waals surface area contributed by atoms with Crippen molar-refractivity contribution in [1.82, 2.24) is 9.88 Å². The Morgan fingerprint density at radius 3 is 2.67 bits per heavy atom. The fourth-order valence-corrected chi connectivity index (χ4v) is 5.69. The van der Waals surface area contributed by atoms with E-state index in [4.69, 9.17) is 4.74 Å². The molecule has 33 heavy (non-hydrogen) atoms. The predicted molar refractivity (Wildman–Crippen MR) is 132 cm³/mol. The lowest BCUT2D eigenvalue weighted by Gasteiger charge is -2.40. The van der Waals surface area contributed by atoms with Crippen molar-refractivity contribution >= 4 is 16.7 Å². The molecule has 172 valence electrons. The van der Waals surface area contributed by atoms with E-state index < -0.39 is 5.41 Å². The maximum Gasteiger partial charge on any atom is 0.233 e.